The molecule has 0 spiro atoms. The summed E-state index contributed by atoms with van der Waals surface area (Å²) in [5.41, 5.74) is 0.474. The van der Waals surface area contributed by atoms with Crippen molar-refractivity contribution in [2.45, 2.75) is 83.2 Å². The fourth-order valence-corrected chi connectivity index (χ4v) is 7.50. The van der Waals surface area contributed by atoms with E-state index in [1.54, 1.807) is 0 Å². The van der Waals surface area contributed by atoms with Crippen LogP contribution in [0, 0.1) is 0 Å². The first-order chi connectivity index (χ1) is 7.49. The number of aliphatic hydroxyl groups is 1. The minimum absolute atomic E-state index is 0.113. The van der Waals surface area contributed by atoms with E-state index in [1.807, 2.05) is 0 Å². The topological polar surface area (TPSA) is 29.5 Å². The van der Waals surface area contributed by atoms with Crippen LogP contribution >= 0.6 is 0 Å². The van der Waals surface area contributed by atoms with Gasteiger partial charge in [-0.2, -0.15) is 0 Å². The summed E-state index contributed by atoms with van der Waals surface area (Å²) in [6, 6.07) is 1.24. The number of hydrogen-bond donors (Lipinski definition) is 1. The van der Waals surface area contributed by atoms with Gasteiger partial charge in [0, 0.05) is 11.6 Å². The molecule has 3 atom stereocenters. The molecule has 0 saturated carbocycles. The van der Waals surface area contributed by atoms with Crippen LogP contribution in [0.5, 0.6) is 0 Å². The average molecular weight is 244 g/mol. The molecule has 0 aliphatic carbocycles. The number of rotatable bonds is 6. The van der Waals surface area contributed by atoms with Crippen molar-refractivity contribution in [3.8, 4) is 0 Å². The largest absolute Gasteiger partial charge is 0.414 e. The highest BCUT2D eigenvalue weighted by Gasteiger charge is 2.46. The average Bonchev–Trinajstić information content (AvgIpc) is 2.55. The standard InChI is InChI=1S/C13H28O2Si/c1-5-6-8-12(14)13-9-7-10-16(13,4)15-11(2)3/h11-14H,5-10H2,1-4H3/t12-,13+,16?/m0/s1. The Balaban J connectivity index is 2.56. The molecule has 16 heavy (non-hydrogen) atoms. The normalized spacial score (nSPS) is 32.2. The third-order valence-corrected chi connectivity index (χ3v) is 8.39. The molecule has 2 nitrogen and oxygen atoms in total. The van der Waals surface area contributed by atoms with Crippen LogP contribution in [0.4, 0.5) is 0 Å². The van der Waals surface area contributed by atoms with E-state index in [9.17, 15) is 5.11 Å². The van der Waals surface area contributed by atoms with E-state index < -0.39 is 8.32 Å². The molecule has 1 unspecified atom stereocenters. The lowest BCUT2D eigenvalue weighted by Crippen LogP contribution is -2.43. The van der Waals surface area contributed by atoms with E-state index in [2.05, 4.69) is 27.3 Å². The van der Waals surface area contributed by atoms with Crippen molar-refractivity contribution in [3.05, 3.63) is 0 Å². The molecule has 1 aliphatic heterocycles. The number of unbranched alkanes of at least 4 members (excludes halogenated alkanes) is 1. The van der Waals surface area contributed by atoms with Gasteiger partial charge >= 0.3 is 0 Å². The van der Waals surface area contributed by atoms with Crippen molar-refractivity contribution in [2.75, 3.05) is 0 Å². The van der Waals surface area contributed by atoms with Crippen LogP contribution in [-0.2, 0) is 4.43 Å². The summed E-state index contributed by atoms with van der Waals surface area (Å²) >= 11 is 0. The molecule has 0 aromatic rings. The summed E-state index contributed by atoms with van der Waals surface area (Å²) in [5, 5.41) is 10.3. The second-order valence-corrected chi connectivity index (χ2v) is 9.79. The van der Waals surface area contributed by atoms with Crippen molar-refractivity contribution in [2.24, 2.45) is 0 Å². The van der Waals surface area contributed by atoms with Gasteiger partial charge in [-0.15, -0.1) is 0 Å². The summed E-state index contributed by atoms with van der Waals surface area (Å²) in [4.78, 5) is 0. The van der Waals surface area contributed by atoms with Crippen molar-refractivity contribution in [1.29, 1.82) is 0 Å². The van der Waals surface area contributed by atoms with Gasteiger partial charge in [0.2, 0.25) is 0 Å². The van der Waals surface area contributed by atoms with Crippen LogP contribution in [-0.4, -0.2) is 25.6 Å². The number of aliphatic hydroxyl groups excluding tert-OH is 1. The number of hydrogen-bond acceptors (Lipinski definition) is 2. The summed E-state index contributed by atoms with van der Waals surface area (Å²) in [5.74, 6) is 0. The van der Waals surface area contributed by atoms with Crippen LogP contribution in [0.25, 0.3) is 0 Å². The van der Waals surface area contributed by atoms with E-state index in [0.29, 0.717) is 11.6 Å². The first kappa shape index (κ1) is 14.2. The molecule has 1 N–H and O–H groups in total. The van der Waals surface area contributed by atoms with Gasteiger partial charge in [-0.3, -0.25) is 0 Å². The van der Waals surface area contributed by atoms with E-state index >= 15 is 0 Å². The predicted molar refractivity (Wildman–Crippen MR) is 71.2 cm³/mol. The molecule has 0 amide bonds. The smallest absolute Gasteiger partial charge is 0.195 e. The van der Waals surface area contributed by atoms with Gasteiger partial charge < -0.3 is 9.53 Å². The molecule has 1 saturated heterocycles. The fraction of sp³-hybridized carbons (Fsp3) is 1.00. The Morgan fingerprint density at radius 1 is 1.44 bits per heavy atom. The van der Waals surface area contributed by atoms with Crippen molar-refractivity contribution in [3.63, 3.8) is 0 Å². The molecule has 3 heteroatoms. The summed E-state index contributed by atoms with van der Waals surface area (Å²) in [6.45, 7) is 8.74. The first-order valence-electron chi connectivity index (χ1n) is 6.85. The van der Waals surface area contributed by atoms with Gasteiger partial charge in [0.05, 0.1) is 6.10 Å². The van der Waals surface area contributed by atoms with Crippen LogP contribution in [0.1, 0.15) is 52.9 Å². The van der Waals surface area contributed by atoms with Crippen molar-refractivity contribution >= 4 is 8.32 Å². The fourth-order valence-electron chi connectivity index (χ4n) is 3.06. The first-order valence-corrected chi connectivity index (χ1v) is 9.54. The molecular formula is C13H28O2Si. The highest BCUT2D eigenvalue weighted by molar-refractivity contribution is 6.74. The molecule has 0 bridgehead atoms. The Bertz CT molecular complexity index is 208. The SMILES string of the molecule is CCCC[C@H](O)[C@H]1CCC[Si]1(C)OC(C)C. The zero-order chi connectivity index (χ0) is 12.2. The molecule has 96 valence electrons. The monoisotopic (exact) mass is 244 g/mol. The van der Waals surface area contributed by atoms with Gasteiger partial charge in [-0.1, -0.05) is 26.2 Å². The Labute approximate surface area is 102 Å². The molecule has 0 radical (unpaired) electrons. The lowest BCUT2D eigenvalue weighted by atomic mass is 10.1. The second-order valence-electron chi connectivity index (χ2n) is 5.69. The Morgan fingerprint density at radius 2 is 2.12 bits per heavy atom. The maximum absolute atomic E-state index is 10.3. The van der Waals surface area contributed by atoms with Crippen LogP contribution in [0.2, 0.25) is 18.1 Å². The predicted octanol–water partition coefficient (Wildman–Crippen LogP) is 3.70. The zero-order valence-corrected chi connectivity index (χ0v) is 12.3. The lowest BCUT2D eigenvalue weighted by molar-refractivity contribution is 0.134. The molecule has 0 aromatic carbocycles. The highest BCUT2D eigenvalue weighted by atomic mass is 28.4. The molecule has 0 aromatic heterocycles. The van der Waals surface area contributed by atoms with Crippen LogP contribution in [0.3, 0.4) is 0 Å². The molecule has 1 heterocycles. The lowest BCUT2D eigenvalue weighted by Gasteiger charge is -2.34. The van der Waals surface area contributed by atoms with E-state index in [-0.39, 0.29) is 6.10 Å². The zero-order valence-electron chi connectivity index (χ0n) is 11.3. The third-order valence-electron chi connectivity index (χ3n) is 3.80. The maximum atomic E-state index is 10.3. The van der Waals surface area contributed by atoms with Gasteiger partial charge in [0.25, 0.3) is 0 Å². The Hall–Kier alpha value is 0.137. The maximum Gasteiger partial charge on any atom is 0.195 e. The van der Waals surface area contributed by atoms with E-state index in [4.69, 9.17) is 4.43 Å². The summed E-state index contributed by atoms with van der Waals surface area (Å²) in [7, 11) is -1.64. The summed E-state index contributed by atoms with van der Waals surface area (Å²) < 4.78 is 6.19. The van der Waals surface area contributed by atoms with Crippen molar-refractivity contribution in [1.82, 2.24) is 0 Å². The Morgan fingerprint density at radius 3 is 2.69 bits per heavy atom. The van der Waals surface area contributed by atoms with E-state index in [0.717, 1.165) is 12.8 Å². The highest BCUT2D eigenvalue weighted by Crippen LogP contribution is 2.44. The van der Waals surface area contributed by atoms with Gasteiger partial charge in [-0.25, -0.2) is 0 Å². The summed E-state index contributed by atoms with van der Waals surface area (Å²) in [6.07, 6.45) is 5.92. The van der Waals surface area contributed by atoms with Crippen LogP contribution in [0.15, 0.2) is 0 Å². The second kappa shape index (κ2) is 6.17. The molecule has 1 fully saturated rings. The van der Waals surface area contributed by atoms with Gasteiger partial charge in [0.1, 0.15) is 0 Å². The minimum atomic E-state index is -1.64. The third kappa shape index (κ3) is 3.57. The molecule has 1 aliphatic rings. The van der Waals surface area contributed by atoms with E-state index in [1.165, 1.54) is 25.3 Å². The quantitative estimate of drug-likeness (QED) is 0.722. The van der Waals surface area contributed by atoms with Gasteiger partial charge in [-0.05, 0) is 39.3 Å². The Kier molecular flexibility index (Phi) is 5.48. The minimum Gasteiger partial charge on any atom is -0.414 e. The van der Waals surface area contributed by atoms with Crippen LogP contribution < -0.4 is 0 Å². The molecular weight excluding hydrogens is 216 g/mol. The van der Waals surface area contributed by atoms with Crippen molar-refractivity contribution < 1.29 is 9.53 Å². The van der Waals surface area contributed by atoms with Gasteiger partial charge in [0.15, 0.2) is 8.32 Å². The molecule has 1 rings (SSSR count).